The fourth-order valence-corrected chi connectivity index (χ4v) is 3.25. The molecule has 0 radical (unpaired) electrons. The number of thiophene rings is 1. The highest BCUT2D eigenvalue weighted by atomic mass is 127. The summed E-state index contributed by atoms with van der Waals surface area (Å²) in [6.07, 6.45) is 3.88. The number of hydrogen-bond acceptors (Lipinski definition) is 3. The van der Waals surface area contributed by atoms with Crippen molar-refractivity contribution in [1.82, 2.24) is 20.2 Å². The third-order valence-electron chi connectivity index (χ3n) is 3.77. The van der Waals surface area contributed by atoms with Crippen LogP contribution in [-0.2, 0) is 13.1 Å². The van der Waals surface area contributed by atoms with Crippen LogP contribution >= 0.6 is 35.3 Å². The average molecular weight is 475 g/mol. The molecule has 2 aromatic rings. The number of halogens is 1. The molecule has 0 saturated carbocycles. The first kappa shape index (κ1) is 22.0. The minimum absolute atomic E-state index is 0. The molecule has 1 unspecified atom stereocenters. The molecule has 5 nitrogen and oxygen atoms in total. The Labute approximate surface area is 172 Å². The van der Waals surface area contributed by atoms with Crippen molar-refractivity contribution in [2.45, 2.75) is 46.7 Å². The lowest BCUT2D eigenvalue weighted by atomic mass is 10.1. The maximum atomic E-state index is 4.69. The molecule has 0 aliphatic heterocycles. The van der Waals surface area contributed by atoms with E-state index in [1.54, 1.807) is 11.3 Å². The van der Waals surface area contributed by atoms with Gasteiger partial charge in [-0.05, 0) is 41.1 Å². The average Bonchev–Trinajstić information content (AvgIpc) is 3.21. The van der Waals surface area contributed by atoms with Crippen molar-refractivity contribution in [3.05, 3.63) is 40.6 Å². The molecule has 2 N–H and O–H groups in total. The minimum Gasteiger partial charge on any atom is -0.357 e. The zero-order chi connectivity index (χ0) is 17.4. The molecule has 0 aromatic carbocycles. The zero-order valence-electron chi connectivity index (χ0n) is 15.5. The molecule has 0 saturated heterocycles. The maximum Gasteiger partial charge on any atom is 0.191 e. The number of nitrogens with one attached hydrogen (secondary N) is 2. The van der Waals surface area contributed by atoms with Crippen molar-refractivity contribution in [3.8, 4) is 0 Å². The van der Waals surface area contributed by atoms with Crippen molar-refractivity contribution in [2.75, 3.05) is 13.1 Å². The third kappa shape index (κ3) is 7.35. The number of imidazole rings is 1. The van der Waals surface area contributed by atoms with E-state index in [4.69, 9.17) is 4.99 Å². The van der Waals surface area contributed by atoms with Crippen LogP contribution in [-0.4, -0.2) is 28.6 Å². The van der Waals surface area contributed by atoms with Gasteiger partial charge in [-0.3, -0.25) is 0 Å². The maximum absolute atomic E-state index is 4.69. The summed E-state index contributed by atoms with van der Waals surface area (Å²) in [4.78, 5) is 9.13. The van der Waals surface area contributed by atoms with Crippen molar-refractivity contribution < 1.29 is 0 Å². The van der Waals surface area contributed by atoms with Crippen LogP contribution in [0, 0.1) is 5.92 Å². The van der Waals surface area contributed by atoms with Gasteiger partial charge in [0.05, 0.1) is 0 Å². The van der Waals surface area contributed by atoms with E-state index in [1.807, 2.05) is 12.4 Å². The molecule has 2 aromatic heterocycles. The van der Waals surface area contributed by atoms with E-state index in [0.717, 1.165) is 31.4 Å². The predicted molar refractivity (Wildman–Crippen MR) is 118 cm³/mol. The van der Waals surface area contributed by atoms with E-state index < -0.39 is 0 Å². The molecule has 0 aliphatic rings. The highest BCUT2D eigenvalue weighted by molar-refractivity contribution is 14.0. The Morgan fingerprint density at radius 1 is 1.32 bits per heavy atom. The molecule has 0 spiro atoms. The second-order valence-electron chi connectivity index (χ2n) is 6.42. The van der Waals surface area contributed by atoms with Gasteiger partial charge in [-0.1, -0.05) is 20.8 Å². The summed E-state index contributed by atoms with van der Waals surface area (Å²) in [6, 6.07) is 2.18. The van der Waals surface area contributed by atoms with E-state index >= 15 is 0 Å². The number of guanidine groups is 1. The summed E-state index contributed by atoms with van der Waals surface area (Å²) in [5.74, 6) is 2.91. The van der Waals surface area contributed by atoms with Gasteiger partial charge in [0, 0.05) is 32.0 Å². The minimum atomic E-state index is 0. The molecule has 2 rings (SSSR count). The number of aliphatic imine (C=N–C) groups is 1. The topological polar surface area (TPSA) is 54.2 Å². The van der Waals surface area contributed by atoms with Crippen LogP contribution in [0.3, 0.4) is 0 Å². The van der Waals surface area contributed by atoms with E-state index in [2.05, 4.69) is 64.7 Å². The lowest BCUT2D eigenvalue weighted by Gasteiger charge is -2.15. The van der Waals surface area contributed by atoms with Gasteiger partial charge in [-0.2, -0.15) is 11.3 Å². The standard InChI is InChI=1S/C18H29N5S.HI/c1-5-19-18(21-10-15(4)16-6-9-24-13-16)22-11-17-20-7-8-23(17)12-14(2)3;/h6-9,13-15H,5,10-12H2,1-4H3,(H2,19,21,22);1H. The van der Waals surface area contributed by atoms with Gasteiger partial charge in [0.25, 0.3) is 0 Å². The van der Waals surface area contributed by atoms with Gasteiger partial charge in [0.15, 0.2) is 5.96 Å². The molecule has 1 atom stereocenters. The normalized spacial score (nSPS) is 12.8. The smallest absolute Gasteiger partial charge is 0.191 e. The predicted octanol–water partition coefficient (Wildman–Crippen LogP) is 4.08. The van der Waals surface area contributed by atoms with E-state index in [0.29, 0.717) is 18.4 Å². The first-order valence-corrected chi connectivity index (χ1v) is 9.58. The van der Waals surface area contributed by atoms with Crippen LogP contribution in [0.5, 0.6) is 0 Å². The van der Waals surface area contributed by atoms with Gasteiger partial charge in [0.2, 0.25) is 0 Å². The Morgan fingerprint density at radius 2 is 2.12 bits per heavy atom. The Kier molecular flexibility index (Phi) is 10.1. The van der Waals surface area contributed by atoms with Crippen molar-refractivity contribution >= 4 is 41.3 Å². The van der Waals surface area contributed by atoms with E-state index in [-0.39, 0.29) is 24.0 Å². The fourth-order valence-electron chi connectivity index (χ4n) is 2.47. The summed E-state index contributed by atoms with van der Waals surface area (Å²) < 4.78 is 2.19. The Bertz CT molecular complexity index is 621. The first-order chi connectivity index (χ1) is 11.6. The monoisotopic (exact) mass is 475 g/mol. The molecule has 25 heavy (non-hydrogen) atoms. The number of nitrogens with zero attached hydrogens (tertiary/aromatic N) is 3. The lowest BCUT2D eigenvalue weighted by Crippen LogP contribution is -2.39. The Balaban J connectivity index is 0.00000312. The second kappa shape index (κ2) is 11.5. The van der Waals surface area contributed by atoms with Crippen molar-refractivity contribution in [2.24, 2.45) is 10.9 Å². The Morgan fingerprint density at radius 3 is 2.76 bits per heavy atom. The molecule has 0 bridgehead atoms. The van der Waals surface area contributed by atoms with Gasteiger partial charge >= 0.3 is 0 Å². The number of aromatic nitrogens is 2. The fraction of sp³-hybridized carbons (Fsp3) is 0.556. The summed E-state index contributed by atoms with van der Waals surface area (Å²) in [6.45, 7) is 12.0. The molecule has 7 heteroatoms. The van der Waals surface area contributed by atoms with Crippen LogP contribution in [0.25, 0.3) is 0 Å². The van der Waals surface area contributed by atoms with E-state index in [9.17, 15) is 0 Å². The molecule has 0 aliphatic carbocycles. The van der Waals surface area contributed by atoms with Crippen LogP contribution in [0.2, 0.25) is 0 Å². The summed E-state index contributed by atoms with van der Waals surface area (Å²) in [5, 5.41) is 11.1. The zero-order valence-corrected chi connectivity index (χ0v) is 18.7. The highest BCUT2D eigenvalue weighted by Crippen LogP contribution is 2.17. The van der Waals surface area contributed by atoms with E-state index in [1.165, 1.54) is 5.56 Å². The van der Waals surface area contributed by atoms with Crippen LogP contribution in [0.15, 0.2) is 34.2 Å². The number of hydrogen-bond donors (Lipinski definition) is 2. The quantitative estimate of drug-likeness (QED) is 0.344. The van der Waals surface area contributed by atoms with Crippen LogP contribution in [0.4, 0.5) is 0 Å². The largest absolute Gasteiger partial charge is 0.357 e. The molecule has 140 valence electrons. The van der Waals surface area contributed by atoms with Crippen molar-refractivity contribution in [1.29, 1.82) is 0 Å². The molecule has 2 heterocycles. The lowest BCUT2D eigenvalue weighted by molar-refractivity contribution is 0.507. The Hall–Kier alpha value is -1.09. The molecular formula is C18H30IN5S. The van der Waals surface area contributed by atoms with Gasteiger partial charge in [-0.25, -0.2) is 9.98 Å². The van der Waals surface area contributed by atoms with Crippen molar-refractivity contribution in [3.63, 3.8) is 0 Å². The highest BCUT2D eigenvalue weighted by Gasteiger charge is 2.08. The summed E-state index contributed by atoms with van der Waals surface area (Å²) >= 11 is 1.74. The van der Waals surface area contributed by atoms with Gasteiger partial charge in [-0.15, -0.1) is 24.0 Å². The molecular weight excluding hydrogens is 445 g/mol. The number of rotatable bonds is 8. The molecule has 0 amide bonds. The second-order valence-corrected chi connectivity index (χ2v) is 7.20. The van der Waals surface area contributed by atoms with Crippen LogP contribution in [0.1, 0.15) is 45.0 Å². The summed E-state index contributed by atoms with van der Waals surface area (Å²) in [7, 11) is 0. The van der Waals surface area contributed by atoms with Crippen LogP contribution < -0.4 is 10.6 Å². The molecule has 0 fully saturated rings. The SMILES string of the molecule is CCNC(=NCc1nccn1CC(C)C)NCC(C)c1ccsc1.I. The van der Waals surface area contributed by atoms with Gasteiger partial charge in [0.1, 0.15) is 12.4 Å². The summed E-state index contributed by atoms with van der Waals surface area (Å²) in [5.41, 5.74) is 1.37. The third-order valence-corrected chi connectivity index (χ3v) is 4.48. The first-order valence-electron chi connectivity index (χ1n) is 8.64. The van der Waals surface area contributed by atoms with Gasteiger partial charge < -0.3 is 15.2 Å².